The van der Waals surface area contributed by atoms with E-state index in [0.717, 1.165) is 11.4 Å². The predicted octanol–water partition coefficient (Wildman–Crippen LogP) is 12.3. The van der Waals surface area contributed by atoms with Crippen molar-refractivity contribution in [2.75, 3.05) is 0 Å². The summed E-state index contributed by atoms with van der Waals surface area (Å²) in [7, 11) is -5.45. The standard InChI is InChI=1S/C72H50N2Si2/c1-6-23-54(24-7-1)75(55-25-8-2-9-26-55,56-27-10-3-11-28-56)59-45-42-52(43-46-59)73-67-38-19-16-33-61(67)63-48-44-53(50-69(63)73)74-68-39-20-17-34-62(68)66-37-22-36-60(72(66)74)51-41-47-65-64-35-18-21-40-70(64)76(71(65)49-51,57-29-12-4-13-30-57)58-31-14-5-15-32-58/h1-50H. The van der Waals surface area contributed by atoms with Crippen molar-refractivity contribution in [2.45, 2.75) is 0 Å². The zero-order valence-corrected chi connectivity index (χ0v) is 43.8. The third-order valence-electron chi connectivity index (χ3n) is 16.6. The van der Waals surface area contributed by atoms with Crippen LogP contribution in [0.1, 0.15) is 0 Å². The van der Waals surface area contributed by atoms with Crippen LogP contribution in [0.4, 0.5) is 0 Å². The van der Waals surface area contributed by atoms with Crippen LogP contribution in [0.5, 0.6) is 0 Å². The fraction of sp³-hybridized carbons (Fsp3) is 0. The normalized spacial score (nSPS) is 12.8. The smallest absolute Gasteiger partial charge is 0.180 e. The van der Waals surface area contributed by atoms with Crippen molar-refractivity contribution >= 4 is 101 Å². The molecule has 0 radical (unpaired) electrons. The Labute approximate surface area is 444 Å². The molecular weight excluding hydrogens is 949 g/mol. The third kappa shape index (κ3) is 6.45. The van der Waals surface area contributed by atoms with Gasteiger partial charge >= 0.3 is 0 Å². The minimum atomic E-state index is -2.73. The largest absolute Gasteiger partial charge is 0.309 e. The van der Waals surface area contributed by atoms with Crippen molar-refractivity contribution < 1.29 is 0 Å². The highest BCUT2D eigenvalue weighted by molar-refractivity contribution is 7.22. The number of fused-ring (bicyclic) bond motifs is 9. The van der Waals surface area contributed by atoms with Crippen LogP contribution in [-0.2, 0) is 0 Å². The van der Waals surface area contributed by atoms with Crippen LogP contribution in [0.15, 0.2) is 303 Å². The molecule has 0 saturated heterocycles. The first-order valence-electron chi connectivity index (χ1n) is 26.4. The number of aromatic nitrogens is 2. The first kappa shape index (κ1) is 44.2. The lowest BCUT2D eigenvalue weighted by Crippen LogP contribution is -2.74. The van der Waals surface area contributed by atoms with E-state index in [0.29, 0.717) is 0 Å². The first-order chi connectivity index (χ1) is 37.7. The van der Waals surface area contributed by atoms with Crippen molar-refractivity contribution in [3.63, 3.8) is 0 Å². The zero-order chi connectivity index (χ0) is 50.2. The quantitative estimate of drug-likeness (QED) is 0.101. The Hall–Kier alpha value is -9.33. The molecule has 0 aliphatic carbocycles. The fourth-order valence-corrected chi connectivity index (χ4v) is 23.4. The highest BCUT2D eigenvalue weighted by atomic mass is 28.3. The van der Waals surface area contributed by atoms with Gasteiger partial charge in [-0.25, -0.2) is 0 Å². The van der Waals surface area contributed by atoms with E-state index in [1.807, 2.05) is 0 Å². The molecule has 356 valence electrons. The van der Waals surface area contributed by atoms with Gasteiger partial charge in [0.25, 0.3) is 0 Å². The Balaban J connectivity index is 0.940. The van der Waals surface area contributed by atoms with Gasteiger partial charge in [-0.1, -0.05) is 267 Å². The summed E-state index contributed by atoms with van der Waals surface area (Å²) in [6, 6.07) is 114. The molecule has 0 spiro atoms. The monoisotopic (exact) mass is 998 g/mol. The van der Waals surface area contributed by atoms with Crippen LogP contribution in [0, 0.1) is 0 Å². The van der Waals surface area contributed by atoms with Gasteiger partial charge in [-0.2, -0.15) is 0 Å². The van der Waals surface area contributed by atoms with E-state index in [4.69, 9.17) is 0 Å². The van der Waals surface area contributed by atoms with Gasteiger partial charge in [0.05, 0.1) is 22.1 Å². The molecule has 2 aromatic heterocycles. The minimum absolute atomic E-state index is 1.13. The third-order valence-corrected chi connectivity index (χ3v) is 26.2. The van der Waals surface area contributed by atoms with E-state index in [2.05, 4.69) is 312 Å². The van der Waals surface area contributed by atoms with Crippen LogP contribution in [-0.4, -0.2) is 25.3 Å². The van der Waals surface area contributed by atoms with Crippen LogP contribution >= 0.6 is 0 Å². The van der Waals surface area contributed by atoms with Crippen LogP contribution in [0.3, 0.4) is 0 Å². The maximum Gasteiger partial charge on any atom is 0.180 e. The summed E-state index contributed by atoms with van der Waals surface area (Å²) in [4.78, 5) is 0. The molecule has 2 nitrogen and oxygen atoms in total. The van der Waals surface area contributed by atoms with Crippen molar-refractivity contribution in [3.05, 3.63) is 303 Å². The van der Waals surface area contributed by atoms with Gasteiger partial charge in [-0.15, -0.1) is 0 Å². The number of hydrogen-bond acceptors (Lipinski definition) is 0. The molecule has 1 aliphatic heterocycles. The highest BCUT2D eigenvalue weighted by Gasteiger charge is 2.49. The molecule has 0 unspecified atom stereocenters. The molecule has 14 aromatic rings. The lowest BCUT2D eigenvalue weighted by atomic mass is 9.98. The molecule has 0 bridgehead atoms. The molecule has 4 heteroatoms. The molecule has 1 aliphatic rings. The molecule has 0 atom stereocenters. The van der Waals surface area contributed by atoms with Crippen LogP contribution in [0.2, 0.25) is 0 Å². The summed E-state index contributed by atoms with van der Waals surface area (Å²) >= 11 is 0. The van der Waals surface area contributed by atoms with Gasteiger partial charge in [-0.3, -0.25) is 0 Å². The van der Waals surface area contributed by atoms with E-state index >= 15 is 0 Å². The second-order valence-electron chi connectivity index (χ2n) is 20.3. The summed E-state index contributed by atoms with van der Waals surface area (Å²) in [6.07, 6.45) is 0. The van der Waals surface area contributed by atoms with Crippen LogP contribution < -0.4 is 41.5 Å². The predicted molar refractivity (Wildman–Crippen MR) is 327 cm³/mol. The topological polar surface area (TPSA) is 9.86 Å². The van der Waals surface area contributed by atoms with Gasteiger partial charge in [0, 0.05) is 38.5 Å². The Bertz CT molecular complexity index is 4350. The lowest BCUT2D eigenvalue weighted by molar-refractivity contribution is 1.16. The summed E-state index contributed by atoms with van der Waals surface area (Å²) in [5.41, 5.74) is 12.1. The SMILES string of the molecule is c1ccc([Si](c2ccccc2)(c2ccccc2)c2ccc(-n3c4ccccc4c4ccc(-n5c6ccccc6c6cccc(-c7ccc8c(c7)[Si](c7ccccc7)(c7ccccc7)c7ccccc7-8)c65)cc43)cc2)cc1. The highest BCUT2D eigenvalue weighted by Crippen LogP contribution is 2.41. The summed E-state index contributed by atoms with van der Waals surface area (Å²) in [6.45, 7) is 0. The number of benzene rings is 12. The average molecular weight is 999 g/mol. The van der Waals surface area contributed by atoms with E-state index in [1.54, 1.807) is 0 Å². The fourth-order valence-electron chi connectivity index (χ4n) is 13.4. The Morgan fingerprint density at radius 3 is 1.33 bits per heavy atom. The zero-order valence-electron chi connectivity index (χ0n) is 41.8. The van der Waals surface area contributed by atoms with Crippen molar-refractivity contribution in [1.82, 2.24) is 9.13 Å². The maximum atomic E-state index is 2.56. The Morgan fingerprint density at radius 1 is 0.263 bits per heavy atom. The second-order valence-corrected chi connectivity index (χ2v) is 27.8. The molecule has 15 rings (SSSR count). The molecule has 0 N–H and O–H groups in total. The molecule has 12 aromatic carbocycles. The first-order valence-corrected chi connectivity index (χ1v) is 30.4. The Kier molecular flexibility index (Phi) is 10.3. The van der Waals surface area contributed by atoms with Crippen molar-refractivity contribution in [1.29, 1.82) is 0 Å². The van der Waals surface area contributed by atoms with Gasteiger partial charge in [0.2, 0.25) is 0 Å². The van der Waals surface area contributed by atoms with Gasteiger partial charge in [0.1, 0.15) is 0 Å². The Morgan fingerprint density at radius 2 is 0.711 bits per heavy atom. The molecule has 3 heterocycles. The summed E-state index contributed by atoms with van der Waals surface area (Å²) < 4.78 is 5.02. The second kappa shape index (κ2) is 17.7. The number of hydrogen-bond donors (Lipinski definition) is 0. The number of para-hydroxylation sites is 3. The van der Waals surface area contributed by atoms with Crippen molar-refractivity contribution in [3.8, 4) is 33.6 Å². The van der Waals surface area contributed by atoms with Crippen LogP contribution in [0.25, 0.3) is 77.2 Å². The van der Waals surface area contributed by atoms with Gasteiger partial charge < -0.3 is 9.13 Å². The minimum Gasteiger partial charge on any atom is -0.309 e. The molecular formula is C72H50N2Si2. The molecule has 76 heavy (non-hydrogen) atoms. The summed E-state index contributed by atoms with van der Waals surface area (Å²) in [5, 5.41) is 16.1. The van der Waals surface area contributed by atoms with E-state index < -0.39 is 16.1 Å². The maximum absolute atomic E-state index is 2.73. The van der Waals surface area contributed by atoms with E-state index in [-0.39, 0.29) is 0 Å². The van der Waals surface area contributed by atoms with E-state index in [9.17, 15) is 0 Å². The van der Waals surface area contributed by atoms with Gasteiger partial charge in [0.15, 0.2) is 16.1 Å². The van der Waals surface area contributed by atoms with Gasteiger partial charge in [-0.05, 0) is 94.6 Å². The number of rotatable bonds is 9. The molecule has 0 fully saturated rings. The lowest BCUT2D eigenvalue weighted by Gasteiger charge is -2.34. The summed E-state index contributed by atoms with van der Waals surface area (Å²) in [5.74, 6) is 0. The van der Waals surface area contributed by atoms with E-state index in [1.165, 1.54) is 107 Å². The van der Waals surface area contributed by atoms with Crippen molar-refractivity contribution in [2.24, 2.45) is 0 Å². The molecule has 0 amide bonds. The number of nitrogens with zero attached hydrogens (tertiary/aromatic N) is 2. The average Bonchev–Trinajstić information content (AvgIpc) is 4.29. The molecule has 0 saturated carbocycles.